The summed E-state index contributed by atoms with van der Waals surface area (Å²) in [6, 6.07) is 0. The number of aliphatic hydroxyl groups excluding tert-OH is 3. The number of hydrogen-bond donors (Lipinski definition) is 3. The van der Waals surface area contributed by atoms with Crippen LogP contribution in [0.15, 0.2) is 12.2 Å². The van der Waals surface area contributed by atoms with Gasteiger partial charge in [0.1, 0.15) is 24.4 Å². The molecule has 0 saturated carbocycles. The molecule has 5 nitrogen and oxygen atoms in total. The average molecular weight is 373 g/mol. The van der Waals surface area contributed by atoms with Crippen molar-refractivity contribution in [2.24, 2.45) is 0 Å². The molecule has 0 aromatic heterocycles. The molecule has 0 amide bonds. The van der Waals surface area contributed by atoms with Crippen molar-refractivity contribution >= 4 is 0 Å². The van der Waals surface area contributed by atoms with Gasteiger partial charge >= 0.3 is 0 Å². The van der Waals surface area contributed by atoms with E-state index in [4.69, 9.17) is 9.47 Å². The summed E-state index contributed by atoms with van der Waals surface area (Å²) < 4.78 is 11.0. The summed E-state index contributed by atoms with van der Waals surface area (Å²) in [6.07, 6.45) is 15.1. The van der Waals surface area contributed by atoms with E-state index in [1.165, 1.54) is 51.4 Å². The van der Waals surface area contributed by atoms with Gasteiger partial charge in [0.2, 0.25) is 0 Å². The number of unbranched alkanes of at least 4 members (excludes halogenated alkanes) is 9. The molecule has 1 aliphatic heterocycles. The van der Waals surface area contributed by atoms with E-state index in [1.54, 1.807) is 0 Å². The van der Waals surface area contributed by atoms with Gasteiger partial charge in [-0.05, 0) is 25.7 Å². The third-order valence-electron chi connectivity index (χ3n) is 4.99. The topological polar surface area (TPSA) is 79.2 Å². The molecule has 0 aromatic rings. The van der Waals surface area contributed by atoms with E-state index in [0.29, 0.717) is 6.61 Å². The normalized spacial score (nSPS) is 24.5. The van der Waals surface area contributed by atoms with Crippen molar-refractivity contribution in [1.29, 1.82) is 0 Å². The number of ether oxygens (including phenoxy) is 2. The van der Waals surface area contributed by atoms with Crippen LogP contribution >= 0.6 is 0 Å². The maximum absolute atomic E-state index is 9.80. The lowest BCUT2D eigenvalue weighted by Gasteiger charge is -2.24. The van der Waals surface area contributed by atoms with Crippen molar-refractivity contribution in [3.8, 4) is 0 Å². The summed E-state index contributed by atoms with van der Waals surface area (Å²) in [4.78, 5) is 0. The summed E-state index contributed by atoms with van der Waals surface area (Å²) in [5.41, 5.74) is 0. The Morgan fingerprint density at radius 1 is 0.962 bits per heavy atom. The van der Waals surface area contributed by atoms with Crippen LogP contribution in [0.25, 0.3) is 0 Å². The summed E-state index contributed by atoms with van der Waals surface area (Å²) in [7, 11) is 0. The molecule has 5 heteroatoms. The first-order valence-corrected chi connectivity index (χ1v) is 10.6. The van der Waals surface area contributed by atoms with Crippen LogP contribution < -0.4 is 0 Å². The van der Waals surface area contributed by atoms with Gasteiger partial charge in [-0.25, -0.2) is 0 Å². The second-order valence-corrected chi connectivity index (χ2v) is 7.30. The van der Waals surface area contributed by atoms with Gasteiger partial charge in [-0.15, -0.1) is 0 Å². The van der Waals surface area contributed by atoms with Crippen LogP contribution in [0, 0.1) is 0 Å². The second kappa shape index (κ2) is 15.6. The maximum Gasteiger partial charge on any atom is 0.114 e. The van der Waals surface area contributed by atoms with Gasteiger partial charge in [0.15, 0.2) is 0 Å². The Labute approximate surface area is 159 Å². The summed E-state index contributed by atoms with van der Waals surface area (Å²) in [6.45, 7) is 2.62. The van der Waals surface area contributed by atoms with Crippen LogP contribution in [0.1, 0.15) is 77.6 Å². The summed E-state index contributed by atoms with van der Waals surface area (Å²) in [5.74, 6) is 0. The number of hydrogen-bond acceptors (Lipinski definition) is 5. The predicted octanol–water partition coefficient (Wildman–Crippen LogP) is 3.35. The van der Waals surface area contributed by atoms with Crippen LogP contribution in [0.5, 0.6) is 0 Å². The molecule has 1 aliphatic rings. The van der Waals surface area contributed by atoms with Gasteiger partial charge in [0.05, 0.1) is 13.2 Å². The molecule has 0 spiro atoms. The molecule has 1 fully saturated rings. The molecule has 1 heterocycles. The van der Waals surface area contributed by atoms with Crippen molar-refractivity contribution < 1.29 is 24.8 Å². The minimum Gasteiger partial charge on any atom is -0.394 e. The van der Waals surface area contributed by atoms with E-state index in [2.05, 4.69) is 19.1 Å². The predicted molar refractivity (Wildman–Crippen MR) is 104 cm³/mol. The maximum atomic E-state index is 9.80. The second-order valence-electron chi connectivity index (χ2n) is 7.30. The van der Waals surface area contributed by atoms with Crippen LogP contribution in [0.2, 0.25) is 0 Å². The van der Waals surface area contributed by atoms with Crippen LogP contribution in [-0.2, 0) is 9.47 Å². The van der Waals surface area contributed by atoms with Gasteiger partial charge in [-0.1, -0.05) is 64.0 Å². The smallest absolute Gasteiger partial charge is 0.114 e. The van der Waals surface area contributed by atoms with Crippen molar-refractivity contribution in [2.75, 3.05) is 19.8 Å². The van der Waals surface area contributed by atoms with E-state index >= 15 is 0 Å². The van der Waals surface area contributed by atoms with E-state index in [1.807, 2.05) is 0 Å². The van der Waals surface area contributed by atoms with E-state index in [-0.39, 0.29) is 13.2 Å². The Kier molecular flexibility index (Phi) is 14.1. The lowest BCUT2D eigenvalue weighted by molar-refractivity contribution is -0.101. The van der Waals surface area contributed by atoms with Crippen LogP contribution in [-0.4, -0.2) is 59.6 Å². The highest BCUT2D eigenvalue weighted by atomic mass is 16.6. The van der Waals surface area contributed by atoms with Crippen LogP contribution in [0.3, 0.4) is 0 Å². The van der Waals surface area contributed by atoms with Gasteiger partial charge in [0.25, 0.3) is 0 Å². The Hall–Kier alpha value is -0.460. The molecule has 0 bridgehead atoms. The van der Waals surface area contributed by atoms with Gasteiger partial charge < -0.3 is 24.8 Å². The molecule has 1 rings (SSSR count). The Morgan fingerprint density at radius 3 is 2.12 bits per heavy atom. The molecule has 26 heavy (non-hydrogen) atoms. The summed E-state index contributed by atoms with van der Waals surface area (Å²) in [5, 5.41) is 28.7. The molecule has 0 aromatic carbocycles. The highest BCUT2D eigenvalue weighted by Crippen LogP contribution is 2.20. The zero-order valence-corrected chi connectivity index (χ0v) is 16.5. The fourth-order valence-corrected chi connectivity index (χ4v) is 3.33. The van der Waals surface area contributed by atoms with E-state index < -0.39 is 24.4 Å². The standard InChI is InChI=1S/C21H40O5/c1-2-3-4-5-6-7-8-9-10-11-12-13-14-15-25-19(16-22)21-20(24)18(23)17-26-21/h3-4,18-24H,2,5-17H2,1H3/b4-3+/t18-,19+,20-,21-/m1/s1. The Balaban J connectivity index is 1.89. The van der Waals surface area contributed by atoms with Crippen LogP contribution in [0.4, 0.5) is 0 Å². The largest absolute Gasteiger partial charge is 0.394 e. The van der Waals surface area contributed by atoms with Crippen molar-refractivity contribution in [1.82, 2.24) is 0 Å². The third-order valence-corrected chi connectivity index (χ3v) is 4.99. The zero-order chi connectivity index (χ0) is 19.0. The van der Waals surface area contributed by atoms with Gasteiger partial charge in [-0.2, -0.15) is 0 Å². The molecular formula is C21H40O5. The molecule has 4 atom stereocenters. The number of aliphatic hydroxyl groups is 3. The highest BCUT2D eigenvalue weighted by Gasteiger charge is 2.40. The first-order chi connectivity index (χ1) is 12.7. The minimum absolute atomic E-state index is 0.0983. The Morgan fingerprint density at radius 2 is 1.58 bits per heavy atom. The highest BCUT2D eigenvalue weighted by molar-refractivity contribution is 4.88. The fraction of sp³-hybridized carbons (Fsp3) is 0.905. The first kappa shape index (κ1) is 23.6. The lowest BCUT2D eigenvalue weighted by Crippen LogP contribution is -2.42. The quantitative estimate of drug-likeness (QED) is 0.286. The number of allylic oxidation sites excluding steroid dienone is 2. The molecule has 0 unspecified atom stereocenters. The first-order valence-electron chi connectivity index (χ1n) is 10.6. The molecular weight excluding hydrogens is 332 g/mol. The Bertz CT molecular complexity index is 347. The van der Waals surface area contributed by atoms with Crippen molar-refractivity contribution in [3.05, 3.63) is 12.2 Å². The molecule has 0 aliphatic carbocycles. The van der Waals surface area contributed by atoms with Gasteiger partial charge in [0, 0.05) is 6.61 Å². The zero-order valence-electron chi connectivity index (χ0n) is 16.5. The number of rotatable bonds is 16. The van der Waals surface area contributed by atoms with Crippen molar-refractivity contribution in [3.63, 3.8) is 0 Å². The molecule has 0 radical (unpaired) electrons. The van der Waals surface area contributed by atoms with Gasteiger partial charge in [-0.3, -0.25) is 0 Å². The SMILES string of the molecule is CC/C=C/CCCCCCCCCCCO[C@@H](CO)[C@H]1OC[C@@H](O)[C@H]1O. The molecule has 3 N–H and O–H groups in total. The van der Waals surface area contributed by atoms with E-state index in [9.17, 15) is 15.3 Å². The minimum atomic E-state index is -0.977. The third kappa shape index (κ3) is 10.0. The van der Waals surface area contributed by atoms with Crippen molar-refractivity contribution in [2.45, 2.75) is 102 Å². The molecule has 1 saturated heterocycles. The van der Waals surface area contributed by atoms with E-state index in [0.717, 1.165) is 19.3 Å². The fourth-order valence-electron chi connectivity index (χ4n) is 3.33. The molecule has 154 valence electrons. The lowest BCUT2D eigenvalue weighted by atomic mass is 10.1. The monoisotopic (exact) mass is 372 g/mol. The summed E-state index contributed by atoms with van der Waals surface area (Å²) >= 11 is 0. The average Bonchev–Trinajstić information content (AvgIpc) is 2.98.